The lowest BCUT2D eigenvalue weighted by Crippen LogP contribution is -2.43. The van der Waals surface area contributed by atoms with Gasteiger partial charge in [0.05, 0.1) is 0 Å². The van der Waals surface area contributed by atoms with E-state index in [2.05, 4.69) is 60.3 Å². The Bertz CT molecular complexity index is 3300. The number of aliphatic hydroxyl groups is 2. The molecule has 8 aromatic carbocycles. The second-order valence-electron chi connectivity index (χ2n) is 21.6. The van der Waals surface area contributed by atoms with Crippen LogP contribution >= 0.6 is 0 Å². The summed E-state index contributed by atoms with van der Waals surface area (Å²) in [4.78, 5) is 65.3. The maximum atomic E-state index is 12.6. The fourth-order valence-electron chi connectivity index (χ4n) is 10.8. The minimum atomic E-state index is -0.860. The van der Waals surface area contributed by atoms with Gasteiger partial charge in [-0.1, -0.05) is 121 Å². The van der Waals surface area contributed by atoms with Crippen molar-refractivity contribution in [1.82, 2.24) is 39.2 Å². The molecule has 0 aliphatic carbocycles. The van der Waals surface area contributed by atoms with Gasteiger partial charge in [-0.3, -0.25) is 29.0 Å². The third-order valence-electron chi connectivity index (χ3n) is 14.9. The van der Waals surface area contributed by atoms with Crippen molar-refractivity contribution >= 4 is 66.7 Å². The van der Waals surface area contributed by atoms with E-state index in [4.69, 9.17) is 0 Å². The number of imide groups is 1. The van der Waals surface area contributed by atoms with E-state index in [9.17, 15) is 29.4 Å². The first-order valence-corrected chi connectivity index (χ1v) is 26.7. The SMILES string of the molecule is CN(C)CCN1C(=O)c2cccc3cccc(c23)C1=O.CN(C)CCN1C(=O)c2cccc3cccc(c23)C1O.CN(C)CCN1C(=O)c2cccc3cccc(c23)C1O.CN(C)CCN1Cc2cccc3cccc(c23)C1. The molecule has 4 aliphatic heterocycles. The molecule has 4 aliphatic rings. The normalized spacial score (nSPS) is 16.6. The van der Waals surface area contributed by atoms with E-state index >= 15 is 0 Å². The molecule has 2 unspecified atom stereocenters. The number of carbonyl (C=O) groups is 4. The Morgan fingerprint density at radius 2 is 0.679 bits per heavy atom. The van der Waals surface area contributed by atoms with Gasteiger partial charge in [0.1, 0.15) is 0 Å². The predicted octanol–water partition coefficient (Wildman–Crippen LogP) is 8.41. The Kier molecular flexibility index (Phi) is 17.1. The van der Waals surface area contributed by atoms with Gasteiger partial charge in [-0.2, -0.15) is 0 Å². The van der Waals surface area contributed by atoms with E-state index in [1.807, 2.05) is 154 Å². The maximum absolute atomic E-state index is 12.6. The van der Waals surface area contributed by atoms with Gasteiger partial charge in [0.25, 0.3) is 23.6 Å². The lowest BCUT2D eigenvalue weighted by molar-refractivity contribution is 0.00199. The van der Waals surface area contributed by atoms with Crippen molar-refractivity contribution in [2.75, 3.05) is 109 Å². The Balaban J connectivity index is 0.000000127. The molecule has 0 spiro atoms. The van der Waals surface area contributed by atoms with E-state index in [0.717, 1.165) is 82.7 Å². The number of aliphatic hydroxyl groups excluding tert-OH is 2. The molecule has 12 rings (SSSR count). The molecule has 8 aromatic rings. The first kappa shape index (κ1) is 55.4. The minimum absolute atomic E-state index is 0.0938. The maximum Gasteiger partial charge on any atom is 0.261 e. The van der Waals surface area contributed by atoms with Crippen LogP contribution in [0.4, 0.5) is 0 Å². The highest BCUT2D eigenvalue weighted by Gasteiger charge is 2.35. The molecule has 14 nitrogen and oxygen atoms in total. The van der Waals surface area contributed by atoms with Gasteiger partial charge in [-0.05, 0) is 119 Å². The van der Waals surface area contributed by atoms with E-state index < -0.39 is 12.5 Å². The predicted molar refractivity (Wildman–Crippen MR) is 311 cm³/mol. The Morgan fingerprint density at radius 1 is 0.372 bits per heavy atom. The Hall–Kier alpha value is -7.40. The van der Waals surface area contributed by atoms with E-state index in [-0.39, 0.29) is 23.6 Å². The molecule has 14 heteroatoms. The molecule has 0 radical (unpaired) electrons. The third kappa shape index (κ3) is 11.6. The lowest BCUT2D eigenvalue weighted by Gasteiger charge is -2.34. The molecule has 0 fully saturated rings. The van der Waals surface area contributed by atoms with Gasteiger partial charge in [0.15, 0.2) is 12.5 Å². The van der Waals surface area contributed by atoms with Crippen molar-refractivity contribution in [1.29, 1.82) is 0 Å². The molecular formula is C64H72N8O6. The summed E-state index contributed by atoms with van der Waals surface area (Å²) >= 11 is 0. The van der Waals surface area contributed by atoms with Crippen LogP contribution in [0, 0.1) is 0 Å². The van der Waals surface area contributed by atoms with Gasteiger partial charge in [0.2, 0.25) is 0 Å². The molecule has 0 aromatic heterocycles. The number of nitrogens with zero attached hydrogens (tertiary/aromatic N) is 8. The number of hydrogen-bond acceptors (Lipinski definition) is 11. The highest BCUT2D eigenvalue weighted by Crippen LogP contribution is 2.37. The summed E-state index contributed by atoms with van der Waals surface area (Å²) in [5.74, 6) is -0.574. The zero-order valence-electron chi connectivity index (χ0n) is 46.2. The summed E-state index contributed by atoms with van der Waals surface area (Å²) in [7, 11) is 15.9. The molecule has 4 heterocycles. The second-order valence-corrected chi connectivity index (χ2v) is 21.6. The second kappa shape index (κ2) is 24.1. The average Bonchev–Trinajstić information content (AvgIpc) is 3.63. The van der Waals surface area contributed by atoms with Crippen LogP contribution in [0.15, 0.2) is 146 Å². The summed E-state index contributed by atoms with van der Waals surface area (Å²) in [5, 5.41) is 29.4. The highest BCUT2D eigenvalue weighted by atomic mass is 16.3. The number of carbonyl (C=O) groups excluding carboxylic acids is 4. The number of likely N-dealkylation sites (N-methyl/N-ethyl adjacent to an activating group) is 4. The van der Waals surface area contributed by atoms with Crippen LogP contribution in [-0.4, -0.2) is 182 Å². The van der Waals surface area contributed by atoms with E-state index in [1.165, 1.54) is 36.6 Å². The molecular weight excluding hydrogens is 977 g/mol. The third-order valence-corrected chi connectivity index (χ3v) is 14.9. The number of rotatable bonds is 12. The zero-order valence-corrected chi connectivity index (χ0v) is 46.2. The Labute approximate surface area is 457 Å². The zero-order chi connectivity index (χ0) is 55.4. The molecule has 4 amide bonds. The van der Waals surface area contributed by atoms with Gasteiger partial charge in [-0.25, -0.2) is 0 Å². The van der Waals surface area contributed by atoms with Crippen molar-refractivity contribution < 1.29 is 29.4 Å². The summed E-state index contributed by atoms with van der Waals surface area (Å²) in [6, 6.07) is 47.5. The monoisotopic (exact) mass is 1050 g/mol. The summed E-state index contributed by atoms with van der Waals surface area (Å²) in [6.45, 7) is 7.97. The van der Waals surface area contributed by atoms with Crippen molar-refractivity contribution in [3.8, 4) is 0 Å². The van der Waals surface area contributed by atoms with Crippen molar-refractivity contribution in [2.45, 2.75) is 25.5 Å². The van der Waals surface area contributed by atoms with Gasteiger partial charge in [-0.15, -0.1) is 0 Å². The standard InChI is InChI=1S/2C16H18N2O2.C16H16N2O2.C16H20N2/c3*1-17(2)9-10-18-15(19)12-7-3-5-11-6-4-8-13(14(11)12)16(18)20;1-17(2)9-10-18-11-14-7-3-5-13-6-4-8-15(12-18)16(13)14/h2*3-8,15,19H,9-10H2,1-2H3;3-8H,9-10H2,1-2H3;3-8H,9-12H2,1-2H3. The van der Waals surface area contributed by atoms with Crippen LogP contribution in [0.2, 0.25) is 0 Å². The number of amides is 4. The highest BCUT2D eigenvalue weighted by molar-refractivity contribution is 6.25. The summed E-state index contributed by atoms with van der Waals surface area (Å²) in [6.07, 6.45) is -1.72. The fraction of sp³-hybridized carbons (Fsp3) is 0.312. The smallest absolute Gasteiger partial charge is 0.261 e. The average molecular weight is 1050 g/mol. The molecule has 2 N–H and O–H groups in total. The largest absolute Gasteiger partial charge is 0.369 e. The fourth-order valence-corrected chi connectivity index (χ4v) is 10.8. The van der Waals surface area contributed by atoms with E-state index in [1.54, 1.807) is 12.1 Å². The molecule has 0 saturated carbocycles. The first-order valence-electron chi connectivity index (χ1n) is 26.7. The van der Waals surface area contributed by atoms with Crippen molar-refractivity contribution in [2.24, 2.45) is 0 Å². The molecule has 0 saturated heterocycles. The number of benzene rings is 8. The lowest BCUT2D eigenvalue weighted by atomic mass is 9.93. The Morgan fingerprint density at radius 3 is 1.06 bits per heavy atom. The molecule has 404 valence electrons. The van der Waals surface area contributed by atoms with Crippen molar-refractivity contribution in [3.05, 3.63) is 190 Å². The number of hydrogen-bond donors (Lipinski definition) is 2. The van der Waals surface area contributed by atoms with E-state index in [0.29, 0.717) is 48.4 Å². The minimum Gasteiger partial charge on any atom is -0.369 e. The van der Waals surface area contributed by atoms with Gasteiger partial charge >= 0.3 is 0 Å². The molecule has 2 atom stereocenters. The summed E-state index contributed by atoms with van der Waals surface area (Å²) in [5.41, 5.74) is 7.20. The van der Waals surface area contributed by atoms with Crippen LogP contribution in [0.25, 0.3) is 43.1 Å². The van der Waals surface area contributed by atoms with Crippen LogP contribution in [0.5, 0.6) is 0 Å². The van der Waals surface area contributed by atoms with Crippen LogP contribution < -0.4 is 0 Å². The van der Waals surface area contributed by atoms with Crippen LogP contribution in [0.1, 0.15) is 76.1 Å². The quantitative estimate of drug-likeness (QED) is 0.114. The van der Waals surface area contributed by atoms with Crippen molar-refractivity contribution in [3.63, 3.8) is 0 Å². The van der Waals surface area contributed by atoms with Crippen LogP contribution in [0.3, 0.4) is 0 Å². The van der Waals surface area contributed by atoms with Crippen LogP contribution in [-0.2, 0) is 13.1 Å². The summed E-state index contributed by atoms with van der Waals surface area (Å²) < 4.78 is 0. The van der Waals surface area contributed by atoms with Gasteiger partial charge in [0, 0.05) is 115 Å². The molecule has 0 bridgehead atoms. The topological polar surface area (TPSA) is 135 Å². The molecule has 78 heavy (non-hydrogen) atoms. The van der Waals surface area contributed by atoms with Gasteiger partial charge < -0.3 is 39.6 Å². The first-order chi connectivity index (χ1) is 37.5.